The van der Waals surface area contributed by atoms with Crippen LogP contribution in [0.1, 0.15) is 84.7 Å². The van der Waals surface area contributed by atoms with Crippen molar-refractivity contribution >= 4 is 36.5 Å². The molecule has 0 aromatic heterocycles. The third kappa shape index (κ3) is 4.79. The van der Waals surface area contributed by atoms with Crippen LogP contribution < -0.4 is 10.8 Å². The van der Waals surface area contributed by atoms with Crippen molar-refractivity contribution < 1.29 is 28.4 Å². The van der Waals surface area contributed by atoms with Crippen LogP contribution in [0.2, 0.25) is 0 Å². The molecular weight excluding hydrogens is 473 g/mol. The van der Waals surface area contributed by atoms with Gasteiger partial charge in [-0.2, -0.15) is 0 Å². The van der Waals surface area contributed by atoms with Gasteiger partial charge in [-0.25, -0.2) is 9.69 Å². The average Bonchev–Trinajstić information content (AvgIpc) is 3.18. The largest absolute Gasteiger partial charge is 0.495 e. The smallest absolute Gasteiger partial charge is 0.443 e. The van der Waals surface area contributed by atoms with Crippen molar-refractivity contribution in [1.82, 2.24) is 4.90 Å². The number of rotatable bonds is 6. The molecule has 10 heteroatoms. The molecule has 4 rings (SSSR count). The van der Waals surface area contributed by atoms with Crippen molar-refractivity contribution in [3.05, 3.63) is 23.3 Å². The minimum atomic E-state index is -0.745. The molecule has 202 valence electrons. The lowest BCUT2D eigenvalue weighted by molar-refractivity contribution is -0.100. The third-order valence-corrected chi connectivity index (χ3v) is 8.25. The molecule has 1 aromatic carbocycles. The van der Waals surface area contributed by atoms with Crippen molar-refractivity contribution in [1.29, 1.82) is 5.41 Å². The lowest BCUT2D eigenvalue weighted by Crippen LogP contribution is -2.52. The molecule has 3 atom stereocenters. The van der Waals surface area contributed by atoms with E-state index in [2.05, 4.69) is 5.32 Å². The molecule has 3 aliphatic rings. The minimum Gasteiger partial charge on any atom is -0.443 e. The van der Waals surface area contributed by atoms with Gasteiger partial charge in [0.15, 0.2) is 0 Å². The van der Waals surface area contributed by atoms with Gasteiger partial charge in [0.05, 0.1) is 29.4 Å². The lowest BCUT2D eigenvalue weighted by atomic mass is 9.74. The van der Waals surface area contributed by atoms with Crippen molar-refractivity contribution in [2.24, 2.45) is 5.41 Å². The van der Waals surface area contributed by atoms with E-state index in [0.717, 1.165) is 11.3 Å². The standard InChI is InChI=1S/C27H40BN3O6/c1-16(27(9,15-29)20-12-13-34-20)30-19-11-10-18(28-36-25(5,6)26(7,8)37-28)17-14-31(22(32)21(17)19)23(33)35-24(2,3)4/h10-11,15-16,20,29-30H,12-14H2,1-9H3/t16-,20?,27-/m1/s1. The van der Waals surface area contributed by atoms with Gasteiger partial charge in [-0.15, -0.1) is 0 Å². The zero-order chi connectivity index (χ0) is 27.6. The zero-order valence-electron chi connectivity index (χ0n) is 23.5. The van der Waals surface area contributed by atoms with Gasteiger partial charge in [0.25, 0.3) is 5.91 Å². The molecule has 9 nitrogen and oxygen atoms in total. The second-order valence-corrected chi connectivity index (χ2v) is 12.5. The number of carbonyl (C=O) groups excluding carboxylic acids is 2. The van der Waals surface area contributed by atoms with Gasteiger partial charge in [-0.3, -0.25) is 4.79 Å². The van der Waals surface area contributed by atoms with Crippen molar-refractivity contribution in [3.63, 3.8) is 0 Å². The highest BCUT2D eigenvalue weighted by molar-refractivity contribution is 6.63. The predicted octanol–water partition coefficient (Wildman–Crippen LogP) is 4.12. The van der Waals surface area contributed by atoms with Gasteiger partial charge in [-0.05, 0) is 78.9 Å². The van der Waals surface area contributed by atoms with Crippen LogP contribution in [0.15, 0.2) is 12.1 Å². The fourth-order valence-electron chi connectivity index (χ4n) is 4.83. The fraction of sp³-hybridized carbons (Fsp3) is 0.667. The molecule has 3 heterocycles. The Labute approximate surface area is 220 Å². The van der Waals surface area contributed by atoms with Gasteiger partial charge in [0.1, 0.15) is 5.60 Å². The number of nitrogens with zero attached hydrogens (tertiary/aromatic N) is 1. The summed E-state index contributed by atoms with van der Waals surface area (Å²) in [7, 11) is -0.688. The summed E-state index contributed by atoms with van der Waals surface area (Å²) in [5.74, 6) is -0.436. The van der Waals surface area contributed by atoms with Crippen LogP contribution in [0.5, 0.6) is 0 Å². The maximum Gasteiger partial charge on any atom is 0.495 e. The number of imide groups is 1. The number of benzene rings is 1. The van der Waals surface area contributed by atoms with Gasteiger partial charge in [-0.1, -0.05) is 13.0 Å². The first-order valence-electron chi connectivity index (χ1n) is 13.0. The molecule has 0 radical (unpaired) electrons. The summed E-state index contributed by atoms with van der Waals surface area (Å²) >= 11 is 0. The SMILES string of the molecule is C[C@@H](Nc1ccc(B2OC(C)(C)C(C)(C)O2)c2c1C(=O)N(C(=O)OC(C)(C)C)C2)[C@@](C)(C=N)C1CCO1. The van der Waals surface area contributed by atoms with E-state index in [1.54, 1.807) is 20.8 Å². The topological polar surface area (TPSA) is 110 Å². The molecule has 0 aliphatic carbocycles. The summed E-state index contributed by atoms with van der Waals surface area (Å²) in [6.45, 7) is 17.9. The molecule has 2 N–H and O–H groups in total. The summed E-state index contributed by atoms with van der Waals surface area (Å²) in [5.41, 5.74) is -0.0625. The van der Waals surface area contributed by atoms with E-state index in [9.17, 15) is 9.59 Å². The van der Waals surface area contributed by atoms with Crippen LogP contribution in [-0.2, 0) is 25.3 Å². The molecule has 1 unspecified atom stereocenters. The van der Waals surface area contributed by atoms with E-state index in [4.69, 9.17) is 24.2 Å². The Morgan fingerprint density at radius 3 is 2.30 bits per heavy atom. The van der Waals surface area contributed by atoms with Crippen LogP contribution >= 0.6 is 0 Å². The Hall–Kier alpha value is -2.43. The molecule has 1 aromatic rings. The minimum absolute atomic E-state index is 0.0555. The van der Waals surface area contributed by atoms with E-state index >= 15 is 0 Å². The first-order valence-corrected chi connectivity index (χ1v) is 13.0. The monoisotopic (exact) mass is 513 g/mol. The molecule has 0 bridgehead atoms. The number of amides is 2. The predicted molar refractivity (Wildman–Crippen MR) is 143 cm³/mol. The summed E-state index contributed by atoms with van der Waals surface area (Å²) < 4.78 is 23.9. The number of nitrogens with one attached hydrogen (secondary N) is 2. The van der Waals surface area contributed by atoms with Crippen LogP contribution in [0, 0.1) is 10.8 Å². The molecule has 0 saturated carbocycles. The Morgan fingerprint density at radius 1 is 1.22 bits per heavy atom. The first kappa shape index (κ1) is 27.6. The molecule has 0 spiro atoms. The number of carbonyl (C=O) groups is 2. The highest BCUT2D eigenvalue weighted by Gasteiger charge is 2.53. The fourth-order valence-corrected chi connectivity index (χ4v) is 4.83. The molecule has 2 saturated heterocycles. The number of fused-ring (bicyclic) bond motifs is 1. The number of hydrogen-bond acceptors (Lipinski definition) is 8. The first-order chi connectivity index (χ1) is 17.0. The van der Waals surface area contributed by atoms with Crippen molar-refractivity contribution in [2.45, 2.75) is 104 Å². The highest BCUT2D eigenvalue weighted by atomic mass is 16.7. The van der Waals surface area contributed by atoms with E-state index in [1.165, 1.54) is 6.21 Å². The van der Waals surface area contributed by atoms with Gasteiger partial charge < -0.3 is 29.5 Å². The lowest BCUT2D eigenvalue weighted by Gasteiger charge is -2.44. The molecule has 2 amide bonds. The van der Waals surface area contributed by atoms with Crippen LogP contribution in [0.4, 0.5) is 10.5 Å². The molecular formula is C27H40BN3O6. The molecule has 2 fully saturated rings. The number of anilines is 1. The van der Waals surface area contributed by atoms with E-state index in [1.807, 2.05) is 53.7 Å². The maximum absolute atomic E-state index is 13.7. The van der Waals surface area contributed by atoms with Crippen molar-refractivity contribution in [2.75, 3.05) is 11.9 Å². The quantitative estimate of drug-likeness (QED) is 0.435. The van der Waals surface area contributed by atoms with Gasteiger partial charge in [0, 0.05) is 30.0 Å². The van der Waals surface area contributed by atoms with E-state index in [-0.39, 0.29) is 18.7 Å². The summed E-state index contributed by atoms with van der Waals surface area (Å²) in [5, 5.41) is 11.6. The Balaban J connectivity index is 1.73. The van der Waals surface area contributed by atoms with Crippen LogP contribution in [-0.4, -0.2) is 65.8 Å². The van der Waals surface area contributed by atoms with E-state index < -0.39 is 41.3 Å². The third-order valence-electron chi connectivity index (χ3n) is 8.25. The van der Waals surface area contributed by atoms with Crippen LogP contribution in [0.25, 0.3) is 0 Å². The summed E-state index contributed by atoms with van der Waals surface area (Å²) in [4.78, 5) is 27.8. The van der Waals surface area contributed by atoms with Crippen molar-refractivity contribution in [3.8, 4) is 0 Å². The Morgan fingerprint density at radius 2 is 1.81 bits per heavy atom. The molecule has 3 aliphatic heterocycles. The zero-order valence-corrected chi connectivity index (χ0v) is 23.5. The summed E-state index contributed by atoms with van der Waals surface area (Å²) in [6, 6.07) is 3.51. The maximum atomic E-state index is 13.7. The van der Waals surface area contributed by atoms with Crippen LogP contribution in [0.3, 0.4) is 0 Å². The van der Waals surface area contributed by atoms with E-state index in [0.29, 0.717) is 28.9 Å². The second-order valence-electron chi connectivity index (χ2n) is 12.5. The highest BCUT2D eigenvalue weighted by Crippen LogP contribution is 2.40. The average molecular weight is 513 g/mol. The Bertz CT molecular complexity index is 1090. The van der Waals surface area contributed by atoms with Gasteiger partial charge >= 0.3 is 13.2 Å². The summed E-state index contributed by atoms with van der Waals surface area (Å²) in [6.07, 6.45) is 1.53. The molecule has 37 heavy (non-hydrogen) atoms. The normalized spacial score (nSPS) is 24.7. The number of hydrogen-bond donors (Lipinski definition) is 2. The second kappa shape index (κ2) is 9.10. The Kier molecular flexibility index (Phi) is 6.79. The number of ether oxygens (including phenoxy) is 2. The van der Waals surface area contributed by atoms with Gasteiger partial charge in [0.2, 0.25) is 0 Å².